The van der Waals surface area contributed by atoms with Crippen LogP contribution in [0.4, 0.5) is 4.79 Å². The fraction of sp³-hybridized carbons (Fsp3) is 0.111. The standard InChI is InChI=1S/C9H7ClN2O2/c1-5-4-12(9(13)14)6-2-3-7(10)11-8(5)6/h2-4H,1H3,(H,13,14). The first kappa shape index (κ1) is 9.02. The molecule has 0 saturated heterocycles. The first-order chi connectivity index (χ1) is 6.59. The van der Waals surface area contributed by atoms with Gasteiger partial charge in [-0.15, -0.1) is 0 Å². The molecule has 0 unspecified atom stereocenters. The number of aryl methyl sites for hydroxylation is 1. The smallest absolute Gasteiger partial charge is 0.416 e. The van der Waals surface area contributed by atoms with E-state index in [4.69, 9.17) is 16.7 Å². The number of aromatic nitrogens is 2. The maximum atomic E-state index is 10.8. The van der Waals surface area contributed by atoms with Crippen LogP contribution < -0.4 is 0 Å². The zero-order chi connectivity index (χ0) is 10.3. The van der Waals surface area contributed by atoms with Gasteiger partial charge in [0, 0.05) is 6.20 Å². The van der Waals surface area contributed by atoms with E-state index in [0.29, 0.717) is 16.2 Å². The molecule has 14 heavy (non-hydrogen) atoms. The monoisotopic (exact) mass is 210 g/mol. The van der Waals surface area contributed by atoms with Gasteiger partial charge in [0.1, 0.15) is 5.15 Å². The Bertz CT molecular complexity index is 519. The van der Waals surface area contributed by atoms with Gasteiger partial charge in [-0.25, -0.2) is 9.78 Å². The van der Waals surface area contributed by atoms with Gasteiger partial charge in [0.05, 0.1) is 11.0 Å². The lowest BCUT2D eigenvalue weighted by Gasteiger charge is -1.96. The van der Waals surface area contributed by atoms with Crippen LogP contribution in [-0.2, 0) is 0 Å². The molecule has 0 spiro atoms. The maximum Gasteiger partial charge on any atom is 0.416 e. The van der Waals surface area contributed by atoms with Crippen LogP contribution in [0.2, 0.25) is 5.15 Å². The highest BCUT2D eigenvalue weighted by Gasteiger charge is 2.11. The molecule has 2 heterocycles. The van der Waals surface area contributed by atoms with Crippen molar-refractivity contribution in [2.45, 2.75) is 6.92 Å². The van der Waals surface area contributed by atoms with Crippen molar-refractivity contribution >= 4 is 28.7 Å². The summed E-state index contributed by atoms with van der Waals surface area (Å²) in [7, 11) is 0. The molecule has 0 amide bonds. The van der Waals surface area contributed by atoms with Crippen LogP contribution in [0.25, 0.3) is 11.0 Å². The summed E-state index contributed by atoms with van der Waals surface area (Å²) in [6, 6.07) is 3.22. The van der Waals surface area contributed by atoms with Crippen LogP contribution in [0.3, 0.4) is 0 Å². The second kappa shape index (κ2) is 2.99. The summed E-state index contributed by atoms with van der Waals surface area (Å²) in [5.74, 6) is 0. The van der Waals surface area contributed by atoms with E-state index < -0.39 is 6.09 Å². The average Bonchev–Trinajstić information content (AvgIpc) is 2.44. The summed E-state index contributed by atoms with van der Waals surface area (Å²) in [6.07, 6.45) is 0.503. The lowest BCUT2D eigenvalue weighted by Crippen LogP contribution is -2.05. The molecule has 0 aliphatic heterocycles. The number of nitrogens with zero attached hydrogens (tertiary/aromatic N) is 2. The van der Waals surface area contributed by atoms with Gasteiger partial charge in [0.15, 0.2) is 0 Å². The van der Waals surface area contributed by atoms with Crippen LogP contribution in [0.1, 0.15) is 5.56 Å². The topological polar surface area (TPSA) is 55.1 Å². The summed E-state index contributed by atoms with van der Waals surface area (Å²) >= 11 is 5.71. The molecule has 0 fully saturated rings. The van der Waals surface area contributed by atoms with Crippen molar-refractivity contribution in [3.8, 4) is 0 Å². The molecule has 0 atom stereocenters. The van der Waals surface area contributed by atoms with E-state index in [1.807, 2.05) is 0 Å². The molecule has 0 radical (unpaired) electrons. The lowest BCUT2D eigenvalue weighted by molar-refractivity contribution is 0.197. The Morgan fingerprint density at radius 2 is 2.29 bits per heavy atom. The summed E-state index contributed by atoms with van der Waals surface area (Å²) < 4.78 is 1.13. The molecular formula is C9H7ClN2O2. The summed E-state index contributed by atoms with van der Waals surface area (Å²) in [6.45, 7) is 1.80. The van der Waals surface area contributed by atoms with Crippen molar-refractivity contribution in [2.24, 2.45) is 0 Å². The normalized spacial score (nSPS) is 10.7. The molecule has 4 nitrogen and oxygen atoms in total. The molecule has 0 aliphatic carbocycles. The van der Waals surface area contributed by atoms with E-state index in [1.165, 1.54) is 6.20 Å². The van der Waals surface area contributed by atoms with Gasteiger partial charge >= 0.3 is 6.09 Å². The van der Waals surface area contributed by atoms with E-state index in [1.54, 1.807) is 19.1 Å². The molecule has 1 N–H and O–H groups in total. The number of halogens is 1. The van der Waals surface area contributed by atoms with Gasteiger partial charge in [-0.05, 0) is 24.6 Å². The lowest BCUT2D eigenvalue weighted by atomic mass is 10.3. The zero-order valence-corrected chi connectivity index (χ0v) is 8.12. The van der Waals surface area contributed by atoms with Gasteiger partial charge in [-0.3, -0.25) is 4.57 Å². The SMILES string of the molecule is Cc1cn(C(=O)O)c2ccc(Cl)nc12. The Morgan fingerprint density at radius 1 is 1.57 bits per heavy atom. The van der Waals surface area contributed by atoms with Crippen LogP contribution in [0.15, 0.2) is 18.3 Å². The third-order valence-electron chi connectivity index (χ3n) is 2.00. The fourth-order valence-corrected chi connectivity index (χ4v) is 1.54. The summed E-state index contributed by atoms with van der Waals surface area (Å²) in [5.41, 5.74) is 1.98. The third-order valence-corrected chi connectivity index (χ3v) is 2.21. The minimum atomic E-state index is -1.02. The van der Waals surface area contributed by atoms with Gasteiger partial charge < -0.3 is 5.11 Å². The highest BCUT2D eigenvalue weighted by molar-refractivity contribution is 6.29. The summed E-state index contributed by atoms with van der Waals surface area (Å²) in [4.78, 5) is 14.9. The molecule has 2 aromatic heterocycles. The minimum absolute atomic E-state index is 0.365. The van der Waals surface area contributed by atoms with E-state index >= 15 is 0 Å². The maximum absolute atomic E-state index is 10.8. The first-order valence-electron chi connectivity index (χ1n) is 3.97. The van der Waals surface area contributed by atoms with Gasteiger partial charge in [0.25, 0.3) is 0 Å². The van der Waals surface area contributed by atoms with Crippen LogP contribution in [0, 0.1) is 6.92 Å². The number of hydrogen-bond donors (Lipinski definition) is 1. The predicted molar refractivity (Wildman–Crippen MR) is 52.9 cm³/mol. The second-order valence-corrected chi connectivity index (χ2v) is 3.35. The Balaban J connectivity index is 2.84. The molecule has 2 rings (SSSR count). The molecule has 72 valence electrons. The number of hydrogen-bond acceptors (Lipinski definition) is 2. The van der Waals surface area contributed by atoms with E-state index in [2.05, 4.69) is 4.98 Å². The molecule has 0 bridgehead atoms. The summed E-state index contributed by atoms with van der Waals surface area (Å²) in [5, 5.41) is 9.23. The van der Waals surface area contributed by atoms with Gasteiger partial charge in [-0.2, -0.15) is 0 Å². The molecule has 5 heteroatoms. The third kappa shape index (κ3) is 1.24. The number of carbonyl (C=O) groups is 1. The number of carboxylic acid groups (broad SMARTS) is 1. The number of pyridine rings is 1. The van der Waals surface area contributed by atoms with E-state index in [9.17, 15) is 4.79 Å². The minimum Gasteiger partial charge on any atom is -0.464 e. The Kier molecular flexibility index (Phi) is 1.93. The van der Waals surface area contributed by atoms with Crippen molar-refractivity contribution in [2.75, 3.05) is 0 Å². The Hall–Kier alpha value is -1.55. The fourth-order valence-electron chi connectivity index (χ4n) is 1.40. The van der Waals surface area contributed by atoms with Crippen LogP contribution >= 0.6 is 11.6 Å². The highest BCUT2D eigenvalue weighted by atomic mass is 35.5. The predicted octanol–water partition coefficient (Wildman–Crippen LogP) is 2.52. The van der Waals surface area contributed by atoms with E-state index in [-0.39, 0.29) is 0 Å². The molecule has 0 aromatic carbocycles. The van der Waals surface area contributed by atoms with Crippen LogP contribution in [0.5, 0.6) is 0 Å². The van der Waals surface area contributed by atoms with Gasteiger partial charge in [0.2, 0.25) is 0 Å². The first-order valence-corrected chi connectivity index (χ1v) is 4.35. The van der Waals surface area contributed by atoms with Crippen molar-refractivity contribution in [3.63, 3.8) is 0 Å². The van der Waals surface area contributed by atoms with Crippen molar-refractivity contribution in [1.82, 2.24) is 9.55 Å². The largest absolute Gasteiger partial charge is 0.464 e. The quantitative estimate of drug-likeness (QED) is 0.680. The Labute approximate surface area is 84.7 Å². The van der Waals surface area contributed by atoms with Gasteiger partial charge in [-0.1, -0.05) is 11.6 Å². The van der Waals surface area contributed by atoms with Crippen molar-refractivity contribution in [1.29, 1.82) is 0 Å². The molecule has 2 aromatic rings. The average molecular weight is 211 g/mol. The van der Waals surface area contributed by atoms with Crippen molar-refractivity contribution in [3.05, 3.63) is 29.0 Å². The Morgan fingerprint density at radius 3 is 2.93 bits per heavy atom. The number of rotatable bonds is 0. The van der Waals surface area contributed by atoms with Crippen LogP contribution in [-0.4, -0.2) is 20.8 Å². The molecular weight excluding hydrogens is 204 g/mol. The number of fused-ring (bicyclic) bond motifs is 1. The van der Waals surface area contributed by atoms with Crippen molar-refractivity contribution < 1.29 is 9.90 Å². The molecule has 0 saturated carbocycles. The zero-order valence-electron chi connectivity index (χ0n) is 7.36. The highest BCUT2D eigenvalue weighted by Crippen LogP contribution is 2.20. The van der Waals surface area contributed by atoms with E-state index in [0.717, 1.165) is 10.1 Å². The second-order valence-electron chi connectivity index (χ2n) is 2.97. The molecule has 0 aliphatic rings.